The number of hydrogen-bond acceptors (Lipinski definition) is 2. The topological polar surface area (TPSA) is 34.9 Å². The molecule has 1 saturated carbocycles. The first kappa shape index (κ1) is 8.21. The molecular weight excluding hydrogens is 176 g/mol. The standard InChI is InChI=1S/C11H14N2O/c1-2-13-11-8-3-7(4-8)5-9(11)10(6-14)12-13/h6-8H,2-5H2,1H3. The smallest absolute Gasteiger partial charge is 0.170 e. The molecule has 0 saturated heterocycles. The molecule has 0 unspecified atom stereocenters. The molecule has 0 aliphatic heterocycles. The summed E-state index contributed by atoms with van der Waals surface area (Å²) in [7, 11) is 0. The van der Waals surface area contributed by atoms with Crippen molar-refractivity contribution in [1.29, 1.82) is 0 Å². The Morgan fingerprint density at radius 3 is 3.00 bits per heavy atom. The molecule has 0 N–H and O–H groups in total. The van der Waals surface area contributed by atoms with Crippen LogP contribution in [-0.4, -0.2) is 16.1 Å². The summed E-state index contributed by atoms with van der Waals surface area (Å²) in [5.74, 6) is 1.53. The fourth-order valence-corrected chi connectivity index (χ4v) is 2.95. The number of hydrogen-bond donors (Lipinski definition) is 0. The van der Waals surface area contributed by atoms with Crippen LogP contribution in [0.5, 0.6) is 0 Å². The number of aldehydes is 1. The molecule has 0 aromatic carbocycles. The van der Waals surface area contributed by atoms with Gasteiger partial charge < -0.3 is 0 Å². The molecule has 1 heterocycles. The first-order chi connectivity index (χ1) is 6.83. The van der Waals surface area contributed by atoms with Gasteiger partial charge in [0.05, 0.1) is 0 Å². The molecule has 1 fully saturated rings. The second-order valence-corrected chi connectivity index (χ2v) is 4.42. The highest BCUT2D eigenvalue weighted by Crippen LogP contribution is 2.50. The van der Waals surface area contributed by atoms with Crippen molar-refractivity contribution in [1.82, 2.24) is 9.78 Å². The summed E-state index contributed by atoms with van der Waals surface area (Å²) < 4.78 is 2.03. The second kappa shape index (κ2) is 2.69. The second-order valence-electron chi connectivity index (χ2n) is 4.42. The fraction of sp³-hybridized carbons (Fsp3) is 0.636. The number of rotatable bonds is 2. The molecule has 0 spiro atoms. The summed E-state index contributed by atoms with van der Waals surface area (Å²) in [5, 5.41) is 4.35. The third kappa shape index (κ3) is 0.873. The summed E-state index contributed by atoms with van der Waals surface area (Å²) in [5.41, 5.74) is 3.29. The van der Waals surface area contributed by atoms with E-state index in [0.717, 1.165) is 25.2 Å². The van der Waals surface area contributed by atoms with Crippen LogP contribution in [-0.2, 0) is 13.0 Å². The highest BCUT2D eigenvalue weighted by atomic mass is 16.1. The van der Waals surface area contributed by atoms with Crippen LogP contribution in [0.2, 0.25) is 0 Å². The Balaban J connectivity index is 2.17. The van der Waals surface area contributed by atoms with Gasteiger partial charge in [0.15, 0.2) is 6.29 Å². The van der Waals surface area contributed by atoms with Crippen LogP contribution in [0.4, 0.5) is 0 Å². The van der Waals surface area contributed by atoms with Gasteiger partial charge in [-0.3, -0.25) is 9.48 Å². The maximum absolute atomic E-state index is 10.9. The summed E-state index contributed by atoms with van der Waals surface area (Å²) in [6.07, 6.45) is 4.63. The van der Waals surface area contributed by atoms with E-state index in [0.29, 0.717) is 11.6 Å². The van der Waals surface area contributed by atoms with Crippen LogP contribution in [0.3, 0.4) is 0 Å². The molecule has 3 aliphatic carbocycles. The van der Waals surface area contributed by atoms with Gasteiger partial charge in [0.25, 0.3) is 0 Å². The van der Waals surface area contributed by atoms with E-state index in [1.165, 1.54) is 24.1 Å². The minimum atomic E-state index is 0.691. The van der Waals surface area contributed by atoms with Crippen LogP contribution in [0, 0.1) is 5.92 Å². The fourth-order valence-electron chi connectivity index (χ4n) is 2.95. The van der Waals surface area contributed by atoms with Crippen molar-refractivity contribution in [2.75, 3.05) is 0 Å². The Labute approximate surface area is 83.1 Å². The molecule has 0 radical (unpaired) electrons. The van der Waals surface area contributed by atoms with Crippen molar-refractivity contribution in [3.05, 3.63) is 17.0 Å². The Bertz CT molecular complexity index is 388. The predicted molar refractivity (Wildman–Crippen MR) is 52.5 cm³/mol. The van der Waals surface area contributed by atoms with Crippen LogP contribution in [0.25, 0.3) is 0 Å². The van der Waals surface area contributed by atoms with Gasteiger partial charge in [-0.1, -0.05) is 0 Å². The molecule has 14 heavy (non-hydrogen) atoms. The van der Waals surface area contributed by atoms with E-state index >= 15 is 0 Å². The zero-order valence-corrected chi connectivity index (χ0v) is 8.36. The van der Waals surface area contributed by atoms with Crippen molar-refractivity contribution in [3.8, 4) is 0 Å². The minimum absolute atomic E-state index is 0.691. The van der Waals surface area contributed by atoms with Gasteiger partial charge in [0, 0.05) is 23.7 Å². The van der Waals surface area contributed by atoms with E-state index in [1.54, 1.807) is 0 Å². The lowest BCUT2D eigenvalue weighted by molar-refractivity contribution is 0.111. The lowest BCUT2D eigenvalue weighted by atomic mass is 9.64. The SMILES string of the molecule is CCn1nc(C=O)c2c1C1CC(C2)C1. The quantitative estimate of drug-likeness (QED) is 0.666. The van der Waals surface area contributed by atoms with E-state index in [4.69, 9.17) is 0 Å². The van der Waals surface area contributed by atoms with Gasteiger partial charge in [-0.2, -0.15) is 5.10 Å². The van der Waals surface area contributed by atoms with E-state index in [2.05, 4.69) is 12.0 Å². The highest BCUT2D eigenvalue weighted by Gasteiger charge is 2.41. The zero-order chi connectivity index (χ0) is 9.71. The molecule has 3 nitrogen and oxygen atoms in total. The van der Waals surface area contributed by atoms with E-state index < -0.39 is 0 Å². The van der Waals surface area contributed by atoms with Crippen LogP contribution >= 0.6 is 0 Å². The third-order valence-corrected chi connectivity index (χ3v) is 3.65. The maximum atomic E-state index is 10.9. The van der Waals surface area contributed by atoms with Crippen LogP contribution < -0.4 is 0 Å². The number of carbonyl (C=O) groups excluding carboxylic acids is 1. The van der Waals surface area contributed by atoms with Gasteiger partial charge in [-0.25, -0.2) is 0 Å². The largest absolute Gasteiger partial charge is 0.296 e. The van der Waals surface area contributed by atoms with E-state index in [1.807, 2.05) is 4.68 Å². The summed E-state index contributed by atoms with van der Waals surface area (Å²) in [6.45, 7) is 2.98. The summed E-state index contributed by atoms with van der Waals surface area (Å²) in [6, 6.07) is 0. The predicted octanol–water partition coefficient (Wildman–Crippen LogP) is 1.77. The minimum Gasteiger partial charge on any atom is -0.296 e. The summed E-state index contributed by atoms with van der Waals surface area (Å²) in [4.78, 5) is 10.9. The first-order valence-corrected chi connectivity index (χ1v) is 5.38. The molecular formula is C11H14N2O. The van der Waals surface area contributed by atoms with Crippen molar-refractivity contribution >= 4 is 6.29 Å². The van der Waals surface area contributed by atoms with E-state index in [-0.39, 0.29) is 0 Å². The van der Waals surface area contributed by atoms with Crippen LogP contribution in [0.1, 0.15) is 47.4 Å². The number of carbonyl (C=O) groups is 1. The monoisotopic (exact) mass is 190 g/mol. The Kier molecular flexibility index (Phi) is 1.58. The normalized spacial score (nSPS) is 28.1. The third-order valence-electron chi connectivity index (χ3n) is 3.65. The van der Waals surface area contributed by atoms with Crippen LogP contribution in [0.15, 0.2) is 0 Å². The summed E-state index contributed by atoms with van der Waals surface area (Å²) >= 11 is 0. The molecule has 0 amide bonds. The van der Waals surface area contributed by atoms with Crippen molar-refractivity contribution in [2.45, 2.75) is 38.6 Å². The lowest BCUT2D eigenvalue weighted by Crippen LogP contribution is -2.32. The Hall–Kier alpha value is -1.12. The van der Waals surface area contributed by atoms with Crippen molar-refractivity contribution in [3.63, 3.8) is 0 Å². The lowest BCUT2D eigenvalue weighted by Gasteiger charge is -2.41. The van der Waals surface area contributed by atoms with Gasteiger partial charge in [0.1, 0.15) is 5.69 Å². The van der Waals surface area contributed by atoms with Gasteiger partial charge >= 0.3 is 0 Å². The molecule has 1 aromatic heterocycles. The average molecular weight is 190 g/mol. The molecule has 2 bridgehead atoms. The molecule has 3 heteroatoms. The first-order valence-electron chi connectivity index (χ1n) is 5.38. The van der Waals surface area contributed by atoms with Gasteiger partial charge in [0.2, 0.25) is 0 Å². The van der Waals surface area contributed by atoms with Gasteiger partial charge in [-0.15, -0.1) is 0 Å². The van der Waals surface area contributed by atoms with Crippen molar-refractivity contribution < 1.29 is 4.79 Å². The number of aryl methyl sites for hydroxylation is 1. The molecule has 1 aromatic rings. The molecule has 3 aliphatic rings. The molecule has 74 valence electrons. The van der Waals surface area contributed by atoms with E-state index in [9.17, 15) is 4.79 Å². The number of aromatic nitrogens is 2. The average Bonchev–Trinajstić information content (AvgIpc) is 2.54. The number of nitrogens with zero attached hydrogens (tertiary/aromatic N) is 2. The molecule has 0 atom stereocenters. The van der Waals surface area contributed by atoms with Crippen molar-refractivity contribution in [2.24, 2.45) is 5.92 Å². The highest BCUT2D eigenvalue weighted by molar-refractivity contribution is 5.75. The zero-order valence-electron chi connectivity index (χ0n) is 8.36. The Morgan fingerprint density at radius 2 is 2.36 bits per heavy atom. The Morgan fingerprint density at radius 1 is 1.57 bits per heavy atom. The molecule has 4 rings (SSSR count). The maximum Gasteiger partial charge on any atom is 0.170 e. The van der Waals surface area contributed by atoms with Gasteiger partial charge in [-0.05, 0) is 32.1 Å².